The van der Waals surface area contributed by atoms with Gasteiger partial charge < -0.3 is 11.1 Å². The lowest BCUT2D eigenvalue weighted by Crippen LogP contribution is -2.13. The SMILES string of the molecule is Cc1ccc(Br)cc1CNCc1cccc(CN)c1. The van der Waals surface area contributed by atoms with Crippen molar-refractivity contribution in [3.05, 3.63) is 69.2 Å². The highest BCUT2D eigenvalue weighted by Crippen LogP contribution is 2.16. The van der Waals surface area contributed by atoms with Crippen molar-refractivity contribution >= 4 is 15.9 Å². The zero-order valence-corrected chi connectivity index (χ0v) is 12.7. The van der Waals surface area contributed by atoms with E-state index in [1.165, 1.54) is 22.3 Å². The number of benzene rings is 2. The van der Waals surface area contributed by atoms with Crippen LogP contribution in [0, 0.1) is 6.92 Å². The second kappa shape index (κ2) is 6.85. The second-order valence-electron chi connectivity index (χ2n) is 4.70. The van der Waals surface area contributed by atoms with E-state index >= 15 is 0 Å². The van der Waals surface area contributed by atoms with Gasteiger partial charge in [-0.15, -0.1) is 0 Å². The molecular formula is C16H19BrN2. The van der Waals surface area contributed by atoms with Crippen molar-refractivity contribution < 1.29 is 0 Å². The Morgan fingerprint density at radius 1 is 1.05 bits per heavy atom. The molecule has 0 spiro atoms. The molecule has 0 aliphatic heterocycles. The number of hydrogen-bond acceptors (Lipinski definition) is 2. The van der Waals surface area contributed by atoms with Crippen LogP contribution < -0.4 is 11.1 Å². The van der Waals surface area contributed by atoms with Gasteiger partial charge in [0.25, 0.3) is 0 Å². The molecule has 2 aromatic carbocycles. The van der Waals surface area contributed by atoms with Crippen molar-refractivity contribution in [2.75, 3.05) is 0 Å². The number of nitrogens with two attached hydrogens (primary N) is 1. The van der Waals surface area contributed by atoms with Crippen LogP contribution in [0.1, 0.15) is 22.3 Å². The maximum atomic E-state index is 5.65. The van der Waals surface area contributed by atoms with Crippen molar-refractivity contribution in [1.82, 2.24) is 5.32 Å². The number of rotatable bonds is 5. The summed E-state index contributed by atoms with van der Waals surface area (Å²) in [7, 11) is 0. The summed E-state index contributed by atoms with van der Waals surface area (Å²) in [6, 6.07) is 14.8. The topological polar surface area (TPSA) is 38.0 Å². The van der Waals surface area contributed by atoms with Gasteiger partial charge in [0.1, 0.15) is 0 Å². The molecule has 0 unspecified atom stereocenters. The van der Waals surface area contributed by atoms with Crippen LogP contribution in [0.15, 0.2) is 46.9 Å². The fraction of sp³-hybridized carbons (Fsp3) is 0.250. The van der Waals surface area contributed by atoms with E-state index in [-0.39, 0.29) is 0 Å². The quantitative estimate of drug-likeness (QED) is 0.885. The summed E-state index contributed by atoms with van der Waals surface area (Å²) >= 11 is 3.51. The molecule has 2 rings (SSSR count). The number of aryl methyl sites for hydroxylation is 1. The number of hydrogen-bond donors (Lipinski definition) is 2. The van der Waals surface area contributed by atoms with E-state index in [1.54, 1.807) is 0 Å². The van der Waals surface area contributed by atoms with E-state index in [0.29, 0.717) is 6.54 Å². The van der Waals surface area contributed by atoms with Crippen LogP contribution in [0.5, 0.6) is 0 Å². The average molecular weight is 319 g/mol. The minimum absolute atomic E-state index is 0.596. The Labute approximate surface area is 123 Å². The number of nitrogens with one attached hydrogen (secondary N) is 1. The van der Waals surface area contributed by atoms with Crippen molar-refractivity contribution in [3.63, 3.8) is 0 Å². The summed E-state index contributed by atoms with van der Waals surface area (Å²) in [6.45, 7) is 4.47. The van der Waals surface area contributed by atoms with Gasteiger partial charge in [0.15, 0.2) is 0 Å². The average Bonchev–Trinajstić information content (AvgIpc) is 2.43. The van der Waals surface area contributed by atoms with E-state index in [9.17, 15) is 0 Å². The molecular weight excluding hydrogens is 300 g/mol. The Morgan fingerprint density at radius 2 is 1.84 bits per heavy atom. The standard InChI is InChI=1S/C16H19BrN2/c1-12-5-6-16(17)8-15(12)11-19-10-14-4-2-3-13(7-14)9-18/h2-8,19H,9-11,18H2,1H3. The van der Waals surface area contributed by atoms with Gasteiger partial charge in [-0.3, -0.25) is 0 Å². The van der Waals surface area contributed by atoms with Crippen LogP contribution in [0.3, 0.4) is 0 Å². The van der Waals surface area contributed by atoms with Crippen molar-refractivity contribution in [2.24, 2.45) is 5.73 Å². The van der Waals surface area contributed by atoms with Crippen LogP contribution in [-0.2, 0) is 19.6 Å². The summed E-state index contributed by atoms with van der Waals surface area (Å²) in [5, 5.41) is 3.48. The Kier molecular flexibility index (Phi) is 5.14. The third-order valence-corrected chi connectivity index (χ3v) is 3.68. The van der Waals surface area contributed by atoms with E-state index in [0.717, 1.165) is 17.6 Å². The van der Waals surface area contributed by atoms with E-state index in [1.807, 2.05) is 0 Å². The Balaban J connectivity index is 1.94. The monoisotopic (exact) mass is 318 g/mol. The van der Waals surface area contributed by atoms with E-state index < -0.39 is 0 Å². The second-order valence-corrected chi connectivity index (χ2v) is 5.61. The smallest absolute Gasteiger partial charge is 0.0211 e. The lowest BCUT2D eigenvalue weighted by molar-refractivity contribution is 0.689. The molecule has 0 aromatic heterocycles. The van der Waals surface area contributed by atoms with Crippen LogP contribution in [0.2, 0.25) is 0 Å². The van der Waals surface area contributed by atoms with Gasteiger partial charge in [0.05, 0.1) is 0 Å². The molecule has 3 heteroatoms. The first-order valence-corrected chi connectivity index (χ1v) is 7.22. The molecule has 0 aliphatic carbocycles. The Bertz CT molecular complexity index is 552. The van der Waals surface area contributed by atoms with Gasteiger partial charge in [0, 0.05) is 24.1 Å². The third kappa shape index (κ3) is 4.16. The molecule has 0 heterocycles. The Morgan fingerprint density at radius 3 is 2.63 bits per heavy atom. The van der Waals surface area contributed by atoms with Gasteiger partial charge in [-0.05, 0) is 41.3 Å². The molecule has 0 atom stereocenters. The van der Waals surface area contributed by atoms with Gasteiger partial charge in [0.2, 0.25) is 0 Å². The molecule has 0 amide bonds. The van der Waals surface area contributed by atoms with Crippen molar-refractivity contribution in [1.29, 1.82) is 0 Å². The zero-order chi connectivity index (χ0) is 13.7. The molecule has 0 saturated heterocycles. The summed E-state index contributed by atoms with van der Waals surface area (Å²) in [5.41, 5.74) is 10.7. The zero-order valence-electron chi connectivity index (χ0n) is 11.1. The molecule has 0 radical (unpaired) electrons. The summed E-state index contributed by atoms with van der Waals surface area (Å²) in [4.78, 5) is 0. The first kappa shape index (κ1) is 14.3. The first-order valence-electron chi connectivity index (χ1n) is 6.42. The van der Waals surface area contributed by atoms with Crippen LogP contribution >= 0.6 is 15.9 Å². The fourth-order valence-electron chi connectivity index (χ4n) is 2.04. The third-order valence-electron chi connectivity index (χ3n) is 3.18. The fourth-order valence-corrected chi connectivity index (χ4v) is 2.45. The molecule has 0 fully saturated rings. The maximum absolute atomic E-state index is 5.65. The molecule has 0 aliphatic rings. The highest BCUT2D eigenvalue weighted by Gasteiger charge is 2.00. The van der Waals surface area contributed by atoms with Gasteiger partial charge in [-0.1, -0.05) is 46.3 Å². The van der Waals surface area contributed by atoms with Crippen LogP contribution in [0.4, 0.5) is 0 Å². The summed E-state index contributed by atoms with van der Waals surface area (Å²) in [6.07, 6.45) is 0. The van der Waals surface area contributed by atoms with Crippen molar-refractivity contribution in [2.45, 2.75) is 26.6 Å². The number of halogens is 1. The predicted molar refractivity (Wildman–Crippen MR) is 83.8 cm³/mol. The lowest BCUT2D eigenvalue weighted by Gasteiger charge is -2.09. The molecule has 100 valence electrons. The van der Waals surface area contributed by atoms with Gasteiger partial charge in [-0.2, -0.15) is 0 Å². The van der Waals surface area contributed by atoms with E-state index in [4.69, 9.17) is 5.73 Å². The van der Waals surface area contributed by atoms with E-state index in [2.05, 4.69) is 70.6 Å². The minimum atomic E-state index is 0.596. The van der Waals surface area contributed by atoms with Crippen molar-refractivity contribution in [3.8, 4) is 0 Å². The molecule has 0 saturated carbocycles. The molecule has 2 aromatic rings. The summed E-state index contributed by atoms with van der Waals surface area (Å²) < 4.78 is 1.13. The highest BCUT2D eigenvalue weighted by molar-refractivity contribution is 9.10. The van der Waals surface area contributed by atoms with Crippen LogP contribution in [0.25, 0.3) is 0 Å². The molecule has 0 bridgehead atoms. The summed E-state index contributed by atoms with van der Waals surface area (Å²) in [5.74, 6) is 0. The van der Waals surface area contributed by atoms with Crippen LogP contribution in [-0.4, -0.2) is 0 Å². The Hall–Kier alpha value is -1.16. The predicted octanol–water partition coefficient (Wildman–Crippen LogP) is 3.51. The van der Waals surface area contributed by atoms with Gasteiger partial charge in [-0.25, -0.2) is 0 Å². The normalized spacial score (nSPS) is 10.7. The van der Waals surface area contributed by atoms with Gasteiger partial charge >= 0.3 is 0 Å². The largest absolute Gasteiger partial charge is 0.326 e. The molecule has 2 nitrogen and oxygen atoms in total. The molecule has 19 heavy (non-hydrogen) atoms. The highest BCUT2D eigenvalue weighted by atomic mass is 79.9. The molecule has 3 N–H and O–H groups in total. The lowest BCUT2D eigenvalue weighted by atomic mass is 10.1. The maximum Gasteiger partial charge on any atom is 0.0211 e. The first-order chi connectivity index (χ1) is 9.19. The minimum Gasteiger partial charge on any atom is -0.326 e.